The highest BCUT2D eigenvalue weighted by Gasteiger charge is 2.23. The fourth-order valence-corrected chi connectivity index (χ4v) is 6.43. The molecule has 5 aliphatic rings. The fraction of sp³-hybridized carbons (Fsp3) is 0.375. The number of fused-ring (bicyclic) bond motifs is 3. The van der Waals surface area contributed by atoms with E-state index in [1.165, 1.54) is 42.4 Å². The van der Waals surface area contributed by atoms with Gasteiger partial charge in [-0.1, -0.05) is 80.0 Å². The van der Waals surface area contributed by atoms with E-state index in [1.54, 1.807) is 0 Å². The largest absolute Gasteiger partial charge is 0.363 e. The number of hydrogen-bond donors (Lipinski definition) is 3. The predicted octanol–water partition coefficient (Wildman–Crippen LogP) is 8.78. The third kappa shape index (κ3) is 8.84. The molecule has 1 saturated heterocycles. The van der Waals surface area contributed by atoms with E-state index in [0.29, 0.717) is 12.5 Å². The van der Waals surface area contributed by atoms with E-state index in [4.69, 9.17) is 4.99 Å². The second kappa shape index (κ2) is 15.7. The van der Waals surface area contributed by atoms with Gasteiger partial charge in [0.1, 0.15) is 12.5 Å². The zero-order chi connectivity index (χ0) is 32.5. The molecule has 6 rings (SSSR count). The maximum absolute atomic E-state index is 12.2. The summed E-state index contributed by atoms with van der Waals surface area (Å²) in [6.45, 7) is 11.1. The van der Waals surface area contributed by atoms with Crippen molar-refractivity contribution in [2.75, 3.05) is 17.2 Å². The molecule has 2 fully saturated rings. The number of rotatable bonds is 8. The summed E-state index contributed by atoms with van der Waals surface area (Å²) in [5.74, 6) is 1.65. The second-order valence-electron chi connectivity index (χ2n) is 13.2. The predicted molar refractivity (Wildman–Crippen MR) is 193 cm³/mol. The van der Waals surface area contributed by atoms with E-state index in [0.717, 1.165) is 77.3 Å². The Morgan fingerprint density at radius 2 is 1.87 bits per heavy atom. The average molecular weight is 617 g/mol. The van der Waals surface area contributed by atoms with Crippen molar-refractivity contribution in [1.82, 2.24) is 5.32 Å². The fourth-order valence-electron chi connectivity index (χ4n) is 6.43. The Morgan fingerprint density at radius 3 is 2.65 bits per heavy atom. The maximum atomic E-state index is 12.2. The van der Waals surface area contributed by atoms with E-state index < -0.39 is 0 Å². The molecule has 1 atom stereocenters. The van der Waals surface area contributed by atoms with Gasteiger partial charge in [-0.15, -0.1) is 0 Å². The molecule has 6 heteroatoms. The molecule has 3 N–H and O–H groups in total. The van der Waals surface area contributed by atoms with E-state index in [9.17, 15) is 9.59 Å². The van der Waals surface area contributed by atoms with Crippen LogP contribution in [0.3, 0.4) is 0 Å². The number of allylic oxidation sites excluding steroid dienone is 11. The van der Waals surface area contributed by atoms with Crippen molar-refractivity contribution in [3.05, 3.63) is 113 Å². The van der Waals surface area contributed by atoms with Crippen molar-refractivity contribution < 1.29 is 9.59 Å². The van der Waals surface area contributed by atoms with Crippen LogP contribution in [0.4, 0.5) is 11.4 Å². The molecule has 0 aromatic heterocycles. The molecular formula is C40H48N4O2. The molecule has 0 radical (unpaired) electrons. The van der Waals surface area contributed by atoms with Gasteiger partial charge in [0.25, 0.3) is 0 Å². The molecule has 2 aliphatic heterocycles. The second-order valence-corrected chi connectivity index (χ2v) is 13.2. The van der Waals surface area contributed by atoms with Crippen LogP contribution in [-0.2, 0) is 9.59 Å². The Kier molecular flexibility index (Phi) is 11.2. The lowest BCUT2D eigenvalue weighted by molar-refractivity contribution is -0.117. The van der Waals surface area contributed by atoms with Crippen LogP contribution in [-0.4, -0.2) is 30.6 Å². The smallest absolute Gasteiger partial charge is 0.247 e. The Balaban J connectivity index is 0.000000356. The molecule has 1 aromatic rings. The third-order valence-corrected chi connectivity index (χ3v) is 9.31. The summed E-state index contributed by atoms with van der Waals surface area (Å²) < 4.78 is 0. The van der Waals surface area contributed by atoms with Gasteiger partial charge in [-0.3, -0.25) is 9.79 Å². The Morgan fingerprint density at radius 1 is 1.07 bits per heavy atom. The topological polar surface area (TPSA) is 82.6 Å². The van der Waals surface area contributed by atoms with Gasteiger partial charge in [-0.2, -0.15) is 0 Å². The minimum absolute atomic E-state index is 0.0310. The van der Waals surface area contributed by atoms with Gasteiger partial charge in [0.05, 0.1) is 17.1 Å². The van der Waals surface area contributed by atoms with Gasteiger partial charge in [0, 0.05) is 37.6 Å². The number of nitrogens with zero attached hydrogens (tertiary/aromatic N) is 1. The average Bonchev–Trinajstić information content (AvgIpc) is 3.19. The molecular weight excluding hydrogens is 568 g/mol. The van der Waals surface area contributed by atoms with Gasteiger partial charge in [-0.05, 0) is 91.5 Å². The van der Waals surface area contributed by atoms with Crippen molar-refractivity contribution >= 4 is 34.9 Å². The number of carbonyl (C=O) groups is 2. The molecule has 3 aliphatic carbocycles. The number of benzene rings is 1. The van der Waals surface area contributed by atoms with E-state index in [1.807, 2.05) is 18.4 Å². The molecule has 2 heterocycles. The first-order valence-corrected chi connectivity index (χ1v) is 16.7. The molecule has 2 bridgehead atoms. The minimum atomic E-state index is 0.0310. The third-order valence-electron chi connectivity index (χ3n) is 9.31. The summed E-state index contributed by atoms with van der Waals surface area (Å²) in [6.07, 6.45) is 28.2. The number of piperidine rings is 1. The monoisotopic (exact) mass is 616 g/mol. The van der Waals surface area contributed by atoms with Gasteiger partial charge < -0.3 is 20.7 Å². The standard InChI is InChI=1S/C31H32N4O.C9H16O/c1-4-27(23-7-5-6-20(2)8-10-23)32-18-21(3)14-30-34-28-13-12-25(17-29(28)35-30)24-11-9-22-15-26(16-24)31(36)33-19-22;1-8-2-4-9(5-3-8)6-7-10/h4-5,7-13,16-18,30,34-35H,1,6,14-15,19H2,2-3H3,(H,33,36);7-9H,2-6H2,1H3/b21-18+,32-27?;. The van der Waals surface area contributed by atoms with Gasteiger partial charge in [0.15, 0.2) is 0 Å². The summed E-state index contributed by atoms with van der Waals surface area (Å²) in [6, 6.07) is 6.37. The lowest BCUT2D eigenvalue weighted by Gasteiger charge is -2.24. The number of nitrogens with one attached hydrogen (secondary N) is 3. The molecule has 240 valence electrons. The van der Waals surface area contributed by atoms with E-state index in [-0.39, 0.29) is 12.1 Å². The summed E-state index contributed by atoms with van der Waals surface area (Å²) >= 11 is 0. The Hall–Kier alpha value is -4.45. The highest BCUT2D eigenvalue weighted by molar-refractivity contribution is 6.10. The van der Waals surface area contributed by atoms with Crippen LogP contribution in [0.1, 0.15) is 77.7 Å². The SMILES string of the molecule is C=CC(=N/C=C(\C)CC1Nc2ccc(C3=CC=C4CNC(=O)C(=C3)C4)cc2N1)C1=CC=C(C)CC=C1.CC1CCC(CC=O)CC1. The number of anilines is 2. The number of hydrogen-bond acceptors (Lipinski definition) is 5. The lowest BCUT2D eigenvalue weighted by atomic mass is 9.82. The molecule has 46 heavy (non-hydrogen) atoms. The number of amides is 1. The van der Waals surface area contributed by atoms with Crippen LogP contribution in [0.5, 0.6) is 0 Å². The van der Waals surface area contributed by atoms with Crippen molar-refractivity contribution in [1.29, 1.82) is 0 Å². The van der Waals surface area contributed by atoms with Crippen LogP contribution in [0.15, 0.2) is 112 Å². The molecule has 1 saturated carbocycles. The summed E-state index contributed by atoms with van der Waals surface area (Å²) in [4.78, 5) is 27.1. The first kappa shape index (κ1) is 32.9. The lowest BCUT2D eigenvalue weighted by Crippen LogP contribution is -2.32. The molecule has 1 unspecified atom stereocenters. The summed E-state index contributed by atoms with van der Waals surface area (Å²) in [7, 11) is 0. The highest BCUT2D eigenvalue weighted by atomic mass is 16.1. The zero-order valence-corrected chi connectivity index (χ0v) is 27.6. The minimum Gasteiger partial charge on any atom is -0.363 e. The molecule has 1 aromatic carbocycles. The molecule has 6 nitrogen and oxygen atoms in total. The number of aliphatic imine (C=N–C) groups is 1. The number of aldehydes is 1. The van der Waals surface area contributed by atoms with E-state index in [2.05, 4.69) is 98.0 Å². The Bertz CT molecular complexity index is 1590. The summed E-state index contributed by atoms with van der Waals surface area (Å²) in [5.41, 5.74) is 10.8. The van der Waals surface area contributed by atoms with Gasteiger partial charge >= 0.3 is 0 Å². The number of carbonyl (C=O) groups excluding carboxylic acids is 2. The Labute approximate surface area is 274 Å². The van der Waals surface area contributed by atoms with Crippen molar-refractivity contribution in [3.63, 3.8) is 0 Å². The molecule has 0 spiro atoms. The normalized spacial score (nSPS) is 24.0. The van der Waals surface area contributed by atoms with Crippen molar-refractivity contribution in [3.8, 4) is 0 Å². The summed E-state index contributed by atoms with van der Waals surface area (Å²) in [5, 5.41) is 10.1. The van der Waals surface area contributed by atoms with Gasteiger partial charge in [-0.25, -0.2) is 0 Å². The highest BCUT2D eigenvalue weighted by Crippen LogP contribution is 2.35. The van der Waals surface area contributed by atoms with E-state index >= 15 is 0 Å². The van der Waals surface area contributed by atoms with Gasteiger partial charge in [0.2, 0.25) is 5.91 Å². The van der Waals surface area contributed by atoms with Crippen LogP contribution in [0.2, 0.25) is 0 Å². The quantitative estimate of drug-likeness (QED) is 0.201. The zero-order valence-electron chi connectivity index (χ0n) is 27.6. The van der Waals surface area contributed by atoms with Crippen LogP contribution >= 0.6 is 0 Å². The van der Waals surface area contributed by atoms with Crippen LogP contribution in [0, 0.1) is 11.8 Å². The first-order valence-electron chi connectivity index (χ1n) is 16.7. The first-order chi connectivity index (χ1) is 22.3. The van der Waals surface area contributed by atoms with Crippen LogP contribution in [0.25, 0.3) is 5.57 Å². The van der Waals surface area contributed by atoms with Crippen LogP contribution < -0.4 is 16.0 Å². The van der Waals surface area contributed by atoms with Crippen molar-refractivity contribution in [2.24, 2.45) is 16.8 Å². The van der Waals surface area contributed by atoms with Crippen molar-refractivity contribution in [2.45, 2.75) is 78.3 Å². The maximum Gasteiger partial charge on any atom is 0.247 e. The molecule has 1 amide bonds.